The van der Waals surface area contributed by atoms with Gasteiger partial charge >= 0.3 is 0 Å². The second-order valence-electron chi connectivity index (χ2n) is 6.00. The van der Waals surface area contributed by atoms with Crippen LogP contribution in [0, 0.1) is 0 Å². The number of hydrogen-bond donors (Lipinski definition) is 0. The van der Waals surface area contributed by atoms with Crippen molar-refractivity contribution in [1.29, 1.82) is 0 Å². The van der Waals surface area contributed by atoms with Crippen LogP contribution in [0.2, 0.25) is 0 Å². The Morgan fingerprint density at radius 3 is 1.96 bits per heavy atom. The van der Waals surface area contributed by atoms with Crippen molar-refractivity contribution in [2.45, 2.75) is 18.9 Å². The highest BCUT2D eigenvalue weighted by Gasteiger charge is 2.32. The van der Waals surface area contributed by atoms with Crippen molar-refractivity contribution in [2.75, 3.05) is 26.3 Å². The fourth-order valence-corrected chi connectivity index (χ4v) is 3.68. The second-order valence-corrected chi connectivity index (χ2v) is 6.65. The summed E-state index contributed by atoms with van der Waals surface area (Å²) in [5, 5.41) is 0. The van der Waals surface area contributed by atoms with Gasteiger partial charge in [0.25, 0.3) is 0 Å². The van der Waals surface area contributed by atoms with E-state index in [1.54, 1.807) is 0 Å². The molecule has 2 aromatic rings. The SMILES string of the molecule is CC(=S)[C@H](c1ccccc1)[C@@H](c1ccccc1)N1CCOCC1. The van der Waals surface area contributed by atoms with E-state index < -0.39 is 0 Å². The summed E-state index contributed by atoms with van der Waals surface area (Å²) in [5.41, 5.74) is 2.62. The molecule has 0 saturated carbocycles. The Morgan fingerprint density at radius 1 is 0.913 bits per heavy atom. The minimum atomic E-state index is 0.215. The van der Waals surface area contributed by atoms with Gasteiger partial charge in [-0.15, -0.1) is 0 Å². The standard InChI is InChI=1S/C20H23NOS/c1-16(23)19(17-8-4-2-5-9-17)20(18-10-6-3-7-11-18)21-12-14-22-15-13-21/h2-11,19-20H,12-15H2,1H3/t19-,20-/m1/s1. The third-order valence-corrected chi connectivity index (χ3v) is 4.75. The molecule has 1 heterocycles. The molecule has 3 rings (SSSR count). The van der Waals surface area contributed by atoms with Crippen LogP contribution in [-0.4, -0.2) is 36.1 Å². The molecule has 2 aromatic carbocycles. The summed E-state index contributed by atoms with van der Waals surface area (Å²) in [4.78, 5) is 3.56. The summed E-state index contributed by atoms with van der Waals surface area (Å²) < 4.78 is 5.56. The summed E-state index contributed by atoms with van der Waals surface area (Å²) in [6, 6.07) is 21.6. The molecule has 0 amide bonds. The molecule has 0 aromatic heterocycles. The molecule has 2 nitrogen and oxygen atoms in total. The van der Waals surface area contributed by atoms with Crippen LogP contribution in [0.25, 0.3) is 0 Å². The molecule has 0 radical (unpaired) electrons. The predicted octanol–water partition coefficient (Wildman–Crippen LogP) is 4.23. The Kier molecular flexibility index (Phi) is 5.55. The van der Waals surface area contributed by atoms with Gasteiger partial charge in [-0.05, 0) is 22.9 Å². The molecule has 3 heteroatoms. The second kappa shape index (κ2) is 7.82. The zero-order chi connectivity index (χ0) is 16.1. The van der Waals surface area contributed by atoms with Crippen LogP contribution in [-0.2, 0) is 4.74 Å². The van der Waals surface area contributed by atoms with Gasteiger partial charge in [0.05, 0.1) is 13.2 Å². The lowest BCUT2D eigenvalue weighted by Crippen LogP contribution is -2.42. The molecule has 2 atom stereocenters. The highest BCUT2D eigenvalue weighted by atomic mass is 32.1. The van der Waals surface area contributed by atoms with Crippen LogP contribution in [0.1, 0.15) is 30.0 Å². The summed E-state index contributed by atoms with van der Waals surface area (Å²) in [7, 11) is 0. The number of morpholine rings is 1. The van der Waals surface area contributed by atoms with E-state index in [2.05, 4.69) is 72.5 Å². The smallest absolute Gasteiger partial charge is 0.0594 e. The van der Waals surface area contributed by atoms with Crippen molar-refractivity contribution in [1.82, 2.24) is 4.90 Å². The molecule has 0 unspecified atom stereocenters. The molecule has 0 bridgehead atoms. The van der Waals surface area contributed by atoms with Crippen LogP contribution in [0.4, 0.5) is 0 Å². The van der Waals surface area contributed by atoms with Crippen molar-refractivity contribution in [3.63, 3.8) is 0 Å². The Labute approximate surface area is 144 Å². The molecule has 23 heavy (non-hydrogen) atoms. The number of rotatable bonds is 5. The van der Waals surface area contributed by atoms with Gasteiger partial charge in [0.2, 0.25) is 0 Å². The molecule has 0 spiro atoms. The van der Waals surface area contributed by atoms with Crippen molar-refractivity contribution < 1.29 is 4.74 Å². The quantitative estimate of drug-likeness (QED) is 0.763. The molecule has 120 valence electrons. The first-order valence-electron chi connectivity index (χ1n) is 8.19. The summed E-state index contributed by atoms with van der Waals surface area (Å²) >= 11 is 5.69. The Morgan fingerprint density at radius 2 is 1.43 bits per heavy atom. The van der Waals surface area contributed by atoms with E-state index in [-0.39, 0.29) is 12.0 Å². The maximum absolute atomic E-state index is 5.69. The molecule has 1 aliphatic heterocycles. The van der Waals surface area contributed by atoms with Crippen LogP contribution < -0.4 is 0 Å². The topological polar surface area (TPSA) is 12.5 Å². The fraction of sp³-hybridized carbons (Fsp3) is 0.350. The molecule has 1 aliphatic rings. The van der Waals surface area contributed by atoms with E-state index in [4.69, 9.17) is 17.0 Å². The van der Waals surface area contributed by atoms with E-state index in [9.17, 15) is 0 Å². The molecule has 0 N–H and O–H groups in total. The fourth-order valence-electron chi connectivity index (χ4n) is 3.42. The van der Waals surface area contributed by atoms with E-state index >= 15 is 0 Å². The molecule has 0 aliphatic carbocycles. The van der Waals surface area contributed by atoms with E-state index in [0.29, 0.717) is 0 Å². The minimum Gasteiger partial charge on any atom is -0.379 e. The lowest BCUT2D eigenvalue weighted by atomic mass is 9.83. The average Bonchev–Trinajstić information content (AvgIpc) is 2.61. The van der Waals surface area contributed by atoms with Crippen LogP contribution >= 0.6 is 12.2 Å². The van der Waals surface area contributed by atoms with Crippen molar-refractivity contribution in [2.24, 2.45) is 0 Å². The van der Waals surface area contributed by atoms with Gasteiger partial charge in [-0.1, -0.05) is 72.9 Å². The maximum atomic E-state index is 5.69. The Bertz CT molecular complexity index is 623. The van der Waals surface area contributed by atoms with E-state index in [1.165, 1.54) is 11.1 Å². The van der Waals surface area contributed by atoms with Gasteiger partial charge in [-0.3, -0.25) is 4.90 Å². The van der Waals surface area contributed by atoms with Crippen molar-refractivity contribution in [3.05, 3.63) is 71.8 Å². The van der Waals surface area contributed by atoms with Gasteiger partial charge in [-0.25, -0.2) is 0 Å². The third kappa shape index (κ3) is 3.86. The van der Waals surface area contributed by atoms with E-state index in [0.717, 1.165) is 31.2 Å². The summed E-state index contributed by atoms with van der Waals surface area (Å²) in [5.74, 6) is 0.215. The number of thiocarbonyl (C=S) groups is 1. The number of benzene rings is 2. The van der Waals surface area contributed by atoms with Crippen molar-refractivity contribution >= 4 is 17.1 Å². The zero-order valence-electron chi connectivity index (χ0n) is 13.5. The monoisotopic (exact) mass is 325 g/mol. The van der Waals surface area contributed by atoms with Crippen LogP contribution in [0.15, 0.2) is 60.7 Å². The number of nitrogens with zero attached hydrogens (tertiary/aromatic N) is 1. The lowest BCUT2D eigenvalue weighted by molar-refractivity contribution is 0.0142. The van der Waals surface area contributed by atoms with Crippen LogP contribution in [0.5, 0.6) is 0 Å². The zero-order valence-corrected chi connectivity index (χ0v) is 14.3. The van der Waals surface area contributed by atoms with Crippen LogP contribution in [0.3, 0.4) is 0 Å². The van der Waals surface area contributed by atoms with Gasteiger partial charge < -0.3 is 4.74 Å². The number of ether oxygens (including phenoxy) is 1. The molecular formula is C20H23NOS. The van der Waals surface area contributed by atoms with Gasteiger partial charge in [-0.2, -0.15) is 0 Å². The van der Waals surface area contributed by atoms with Gasteiger partial charge in [0.1, 0.15) is 0 Å². The predicted molar refractivity (Wildman–Crippen MR) is 99.0 cm³/mol. The highest BCUT2D eigenvalue weighted by molar-refractivity contribution is 7.80. The van der Waals surface area contributed by atoms with E-state index in [1.807, 2.05) is 0 Å². The first kappa shape index (κ1) is 16.3. The minimum absolute atomic E-state index is 0.215. The highest BCUT2D eigenvalue weighted by Crippen LogP contribution is 2.37. The largest absolute Gasteiger partial charge is 0.379 e. The first-order chi connectivity index (χ1) is 11.3. The third-order valence-electron chi connectivity index (χ3n) is 4.49. The molecular weight excluding hydrogens is 302 g/mol. The average molecular weight is 325 g/mol. The molecule has 1 fully saturated rings. The normalized spacial score (nSPS) is 18.3. The maximum Gasteiger partial charge on any atom is 0.0594 e. The lowest BCUT2D eigenvalue weighted by Gasteiger charge is -2.39. The van der Waals surface area contributed by atoms with Gasteiger partial charge in [0, 0.05) is 25.0 Å². The Balaban J connectivity index is 2.03. The first-order valence-corrected chi connectivity index (χ1v) is 8.60. The Hall–Kier alpha value is -1.55. The number of hydrogen-bond acceptors (Lipinski definition) is 3. The van der Waals surface area contributed by atoms with Crippen molar-refractivity contribution in [3.8, 4) is 0 Å². The summed E-state index contributed by atoms with van der Waals surface area (Å²) in [6.07, 6.45) is 0. The molecule has 1 saturated heterocycles. The van der Waals surface area contributed by atoms with Gasteiger partial charge in [0.15, 0.2) is 0 Å². The summed E-state index contributed by atoms with van der Waals surface area (Å²) in [6.45, 7) is 5.56.